The van der Waals surface area contributed by atoms with E-state index in [1.165, 1.54) is 0 Å². The average molecular weight is 244 g/mol. The molecular formula is C11H20N2O2S. The number of nitrogens with one attached hydrogen (secondary N) is 1. The molecule has 16 heavy (non-hydrogen) atoms. The summed E-state index contributed by atoms with van der Waals surface area (Å²) < 4.78 is 5.39. The van der Waals surface area contributed by atoms with Crippen molar-refractivity contribution in [3.8, 4) is 0 Å². The van der Waals surface area contributed by atoms with E-state index < -0.39 is 0 Å². The van der Waals surface area contributed by atoms with Crippen LogP contribution in [0.4, 0.5) is 0 Å². The van der Waals surface area contributed by atoms with Crippen LogP contribution in [-0.4, -0.2) is 30.2 Å². The maximum atomic E-state index is 11.7. The first kappa shape index (κ1) is 13.4. The molecule has 1 heterocycles. The predicted molar refractivity (Wildman–Crippen MR) is 67.2 cm³/mol. The summed E-state index contributed by atoms with van der Waals surface area (Å²) in [6.07, 6.45) is 2.61. The number of amides is 1. The lowest BCUT2D eigenvalue weighted by Gasteiger charge is -2.26. The second kappa shape index (κ2) is 5.59. The van der Waals surface area contributed by atoms with E-state index in [0.717, 1.165) is 19.3 Å². The van der Waals surface area contributed by atoms with Crippen molar-refractivity contribution in [3.63, 3.8) is 0 Å². The molecule has 1 saturated heterocycles. The Kier molecular flexibility index (Phi) is 4.68. The molecule has 0 radical (unpaired) electrons. The molecule has 1 unspecified atom stereocenters. The molecule has 0 saturated carbocycles. The van der Waals surface area contributed by atoms with Gasteiger partial charge in [0.1, 0.15) is 6.10 Å². The summed E-state index contributed by atoms with van der Waals surface area (Å²) in [6, 6.07) is 0. The second-order valence-electron chi connectivity index (χ2n) is 4.82. The zero-order valence-corrected chi connectivity index (χ0v) is 10.7. The van der Waals surface area contributed by atoms with Crippen molar-refractivity contribution in [2.24, 2.45) is 11.1 Å². The molecule has 0 bridgehead atoms. The minimum Gasteiger partial charge on any atom is -0.393 e. The summed E-state index contributed by atoms with van der Waals surface area (Å²) in [5.74, 6) is -0.0518. The van der Waals surface area contributed by atoms with Crippen LogP contribution in [0.1, 0.15) is 33.1 Å². The van der Waals surface area contributed by atoms with Gasteiger partial charge in [-0.2, -0.15) is 0 Å². The highest BCUT2D eigenvalue weighted by Gasteiger charge is 2.26. The van der Waals surface area contributed by atoms with Crippen molar-refractivity contribution in [2.45, 2.75) is 39.2 Å². The van der Waals surface area contributed by atoms with Gasteiger partial charge in [-0.1, -0.05) is 26.1 Å². The molecule has 0 aromatic rings. The molecular weight excluding hydrogens is 224 g/mol. The van der Waals surface area contributed by atoms with Crippen molar-refractivity contribution in [3.05, 3.63) is 0 Å². The Labute approximate surface area is 102 Å². The molecule has 0 aliphatic carbocycles. The van der Waals surface area contributed by atoms with E-state index in [4.69, 9.17) is 22.7 Å². The van der Waals surface area contributed by atoms with Crippen LogP contribution in [0.15, 0.2) is 0 Å². The molecule has 0 spiro atoms. The van der Waals surface area contributed by atoms with Crippen LogP contribution < -0.4 is 11.1 Å². The Morgan fingerprint density at radius 3 is 2.75 bits per heavy atom. The molecule has 92 valence electrons. The Morgan fingerprint density at radius 2 is 2.25 bits per heavy atom. The number of ether oxygens (including phenoxy) is 1. The highest BCUT2D eigenvalue weighted by atomic mass is 32.1. The highest BCUT2D eigenvalue weighted by Crippen LogP contribution is 2.15. The van der Waals surface area contributed by atoms with Crippen molar-refractivity contribution in [1.29, 1.82) is 0 Å². The molecule has 4 nitrogen and oxygen atoms in total. The third-order valence-corrected chi connectivity index (χ3v) is 3.40. The SMILES string of the molecule is CC(C)(CNC(=O)C1CCCCO1)C(N)=S. The van der Waals surface area contributed by atoms with E-state index in [1.54, 1.807) is 0 Å². The number of thiocarbonyl (C=S) groups is 1. The van der Waals surface area contributed by atoms with Crippen LogP contribution >= 0.6 is 12.2 Å². The zero-order chi connectivity index (χ0) is 12.2. The van der Waals surface area contributed by atoms with Gasteiger partial charge in [-0.3, -0.25) is 4.79 Å². The fourth-order valence-electron chi connectivity index (χ4n) is 1.46. The number of rotatable bonds is 4. The van der Waals surface area contributed by atoms with Crippen molar-refractivity contribution >= 4 is 23.1 Å². The molecule has 1 rings (SSSR count). The van der Waals surface area contributed by atoms with E-state index in [1.807, 2.05) is 13.8 Å². The van der Waals surface area contributed by atoms with E-state index in [2.05, 4.69) is 5.32 Å². The summed E-state index contributed by atoms with van der Waals surface area (Å²) in [6.45, 7) is 4.96. The van der Waals surface area contributed by atoms with Crippen molar-refractivity contribution in [2.75, 3.05) is 13.2 Å². The van der Waals surface area contributed by atoms with Gasteiger partial charge >= 0.3 is 0 Å². The van der Waals surface area contributed by atoms with Crippen LogP contribution in [0, 0.1) is 5.41 Å². The van der Waals surface area contributed by atoms with Crippen LogP contribution in [0.25, 0.3) is 0 Å². The second-order valence-corrected chi connectivity index (χ2v) is 5.26. The van der Waals surface area contributed by atoms with E-state index in [-0.39, 0.29) is 17.4 Å². The zero-order valence-electron chi connectivity index (χ0n) is 9.91. The number of nitrogens with two attached hydrogens (primary N) is 1. The number of hydrogen-bond donors (Lipinski definition) is 2. The van der Waals surface area contributed by atoms with Crippen molar-refractivity contribution in [1.82, 2.24) is 5.32 Å². The Morgan fingerprint density at radius 1 is 1.56 bits per heavy atom. The molecule has 1 atom stereocenters. The topological polar surface area (TPSA) is 64.3 Å². The van der Waals surface area contributed by atoms with Gasteiger partial charge in [0.05, 0.1) is 4.99 Å². The normalized spacial score (nSPS) is 21.5. The lowest BCUT2D eigenvalue weighted by molar-refractivity contribution is -0.135. The lowest BCUT2D eigenvalue weighted by atomic mass is 9.93. The number of carbonyl (C=O) groups excluding carboxylic acids is 1. The summed E-state index contributed by atoms with van der Waals surface area (Å²) >= 11 is 4.94. The van der Waals surface area contributed by atoms with Gasteiger partial charge in [-0.25, -0.2) is 0 Å². The van der Waals surface area contributed by atoms with Crippen molar-refractivity contribution < 1.29 is 9.53 Å². The fraction of sp³-hybridized carbons (Fsp3) is 0.818. The third-order valence-electron chi connectivity index (χ3n) is 2.84. The minimum absolute atomic E-state index is 0.0518. The van der Waals surface area contributed by atoms with Crippen LogP contribution in [-0.2, 0) is 9.53 Å². The van der Waals surface area contributed by atoms with Gasteiger partial charge in [-0.15, -0.1) is 0 Å². The molecule has 0 aromatic carbocycles. The molecule has 5 heteroatoms. The maximum absolute atomic E-state index is 11.7. The molecule has 0 aromatic heterocycles. The molecule has 1 amide bonds. The fourth-order valence-corrected chi connectivity index (χ4v) is 1.53. The molecule has 1 aliphatic heterocycles. The standard InChI is InChI=1S/C11H20N2O2S/c1-11(2,10(12)16)7-13-9(14)8-5-3-4-6-15-8/h8H,3-7H2,1-2H3,(H2,12,16)(H,13,14). The van der Waals surface area contributed by atoms with Gasteiger partial charge in [-0.05, 0) is 19.3 Å². The van der Waals surface area contributed by atoms with E-state index in [9.17, 15) is 4.79 Å². The van der Waals surface area contributed by atoms with E-state index in [0.29, 0.717) is 18.1 Å². The molecule has 3 N–H and O–H groups in total. The van der Waals surface area contributed by atoms with Gasteiger partial charge in [0.2, 0.25) is 5.91 Å². The van der Waals surface area contributed by atoms with Gasteiger partial charge in [0.25, 0.3) is 0 Å². The average Bonchev–Trinajstić information content (AvgIpc) is 2.27. The van der Waals surface area contributed by atoms with Crippen LogP contribution in [0.2, 0.25) is 0 Å². The molecule has 1 fully saturated rings. The van der Waals surface area contributed by atoms with Crippen LogP contribution in [0.3, 0.4) is 0 Å². The summed E-state index contributed by atoms with van der Waals surface area (Å²) in [7, 11) is 0. The Bertz CT molecular complexity index is 273. The molecule has 1 aliphatic rings. The Balaban J connectivity index is 2.37. The quantitative estimate of drug-likeness (QED) is 0.724. The first-order valence-electron chi connectivity index (χ1n) is 5.63. The van der Waals surface area contributed by atoms with Gasteiger partial charge < -0.3 is 15.8 Å². The first-order chi connectivity index (χ1) is 7.43. The van der Waals surface area contributed by atoms with Crippen LogP contribution in [0.5, 0.6) is 0 Å². The summed E-state index contributed by atoms with van der Waals surface area (Å²) in [5, 5.41) is 2.84. The number of hydrogen-bond acceptors (Lipinski definition) is 3. The van der Waals surface area contributed by atoms with E-state index >= 15 is 0 Å². The van der Waals surface area contributed by atoms with Gasteiger partial charge in [0.15, 0.2) is 0 Å². The minimum atomic E-state index is -0.348. The third kappa shape index (κ3) is 3.72. The maximum Gasteiger partial charge on any atom is 0.249 e. The monoisotopic (exact) mass is 244 g/mol. The highest BCUT2D eigenvalue weighted by molar-refractivity contribution is 7.80. The summed E-state index contributed by atoms with van der Waals surface area (Å²) in [5.41, 5.74) is 5.24. The smallest absolute Gasteiger partial charge is 0.249 e. The van der Waals surface area contributed by atoms with Gasteiger partial charge in [0, 0.05) is 18.6 Å². The lowest BCUT2D eigenvalue weighted by Crippen LogP contribution is -2.45. The largest absolute Gasteiger partial charge is 0.393 e. The summed E-state index contributed by atoms with van der Waals surface area (Å²) in [4.78, 5) is 12.2. The predicted octanol–water partition coefficient (Wildman–Crippen LogP) is 0.984. The first-order valence-corrected chi connectivity index (χ1v) is 6.03. The number of carbonyl (C=O) groups is 1. The Hall–Kier alpha value is -0.680.